The average Bonchev–Trinajstić information content (AvgIpc) is 2.32. The molecule has 5 heteroatoms. The van der Waals surface area contributed by atoms with Gasteiger partial charge in [0.15, 0.2) is 6.29 Å². The number of hydrogen-bond donors (Lipinski definition) is 1. The highest BCUT2D eigenvalue weighted by Crippen LogP contribution is 2.23. The van der Waals surface area contributed by atoms with Crippen LogP contribution < -0.4 is 5.73 Å². The van der Waals surface area contributed by atoms with E-state index in [1.54, 1.807) is 26.0 Å². The Hall–Kier alpha value is -1.04. The zero-order chi connectivity index (χ0) is 12.7. The number of ether oxygens (including phenoxy) is 2. The molecule has 2 N–H and O–H groups in total. The van der Waals surface area contributed by atoms with Gasteiger partial charge in [-0.3, -0.25) is 4.79 Å². The van der Waals surface area contributed by atoms with Crippen LogP contribution >= 0.6 is 11.8 Å². The summed E-state index contributed by atoms with van der Waals surface area (Å²) in [7, 11) is 3.20. The van der Waals surface area contributed by atoms with Gasteiger partial charge in [0.1, 0.15) is 0 Å². The van der Waals surface area contributed by atoms with Crippen molar-refractivity contribution in [3.8, 4) is 0 Å². The molecule has 0 saturated heterocycles. The van der Waals surface area contributed by atoms with E-state index in [1.807, 2.05) is 24.3 Å². The summed E-state index contributed by atoms with van der Waals surface area (Å²) in [4.78, 5) is 11.7. The van der Waals surface area contributed by atoms with E-state index >= 15 is 0 Å². The average molecular weight is 255 g/mol. The molecule has 4 nitrogen and oxygen atoms in total. The Morgan fingerprint density at radius 3 is 2.35 bits per heavy atom. The zero-order valence-corrected chi connectivity index (χ0v) is 10.8. The second kappa shape index (κ2) is 7.32. The standard InChI is InChI=1S/C12H17NO3S/c1-15-12(16-2)9-3-5-10(6-4-9)17-8-7-11(13)14/h3-6,12H,7-8H2,1-2H3,(H2,13,14). The minimum absolute atomic E-state index is 0.270. The number of thioether (sulfide) groups is 1. The lowest BCUT2D eigenvalue weighted by molar-refractivity contribution is -0.117. The summed E-state index contributed by atoms with van der Waals surface area (Å²) in [6, 6.07) is 7.85. The molecule has 0 fully saturated rings. The number of carbonyl (C=O) groups is 1. The van der Waals surface area contributed by atoms with Crippen LogP contribution in [-0.4, -0.2) is 25.9 Å². The maximum atomic E-state index is 10.6. The van der Waals surface area contributed by atoms with Gasteiger partial charge in [0.25, 0.3) is 0 Å². The van der Waals surface area contributed by atoms with E-state index < -0.39 is 0 Å². The second-order valence-electron chi connectivity index (χ2n) is 3.44. The molecule has 0 aromatic heterocycles. The van der Waals surface area contributed by atoms with Gasteiger partial charge in [-0.1, -0.05) is 12.1 Å². The van der Waals surface area contributed by atoms with Crippen molar-refractivity contribution < 1.29 is 14.3 Å². The number of methoxy groups -OCH3 is 2. The van der Waals surface area contributed by atoms with Crippen LogP contribution in [0, 0.1) is 0 Å². The molecule has 0 atom stereocenters. The third-order valence-corrected chi connectivity index (χ3v) is 3.21. The Morgan fingerprint density at radius 1 is 1.29 bits per heavy atom. The molecule has 1 aromatic rings. The summed E-state index contributed by atoms with van der Waals surface area (Å²) >= 11 is 1.60. The van der Waals surface area contributed by atoms with Crippen molar-refractivity contribution in [2.24, 2.45) is 5.73 Å². The first-order valence-electron chi connectivity index (χ1n) is 5.24. The number of amides is 1. The Labute approximate surface area is 105 Å². The van der Waals surface area contributed by atoms with Crippen molar-refractivity contribution in [2.45, 2.75) is 17.6 Å². The maximum absolute atomic E-state index is 10.6. The predicted molar refractivity (Wildman–Crippen MR) is 67.7 cm³/mol. The van der Waals surface area contributed by atoms with Gasteiger partial charge in [-0.2, -0.15) is 0 Å². The van der Waals surface area contributed by atoms with Gasteiger partial charge < -0.3 is 15.2 Å². The summed E-state index contributed by atoms with van der Waals surface area (Å²) < 4.78 is 10.3. The lowest BCUT2D eigenvalue weighted by atomic mass is 10.2. The molecular weight excluding hydrogens is 238 g/mol. The molecular formula is C12H17NO3S. The third-order valence-electron chi connectivity index (χ3n) is 2.20. The normalized spacial score (nSPS) is 10.8. The number of primary amides is 1. The van der Waals surface area contributed by atoms with Crippen LogP contribution in [0.25, 0.3) is 0 Å². The van der Waals surface area contributed by atoms with Gasteiger partial charge in [0, 0.05) is 36.9 Å². The molecule has 0 heterocycles. The van der Waals surface area contributed by atoms with Crippen molar-refractivity contribution in [3.63, 3.8) is 0 Å². The first-order valence-corrected chi connectivity index (χ1v) is 6.22. The molecule has 0 aliphatic heterocycles. The molecule has 1 amide bonds. The Kier molecular flexibility index (Phi) is 6.04. The smallest absolute Gasteiger partial charge is 0.218 e. The molecule has 94 valence electrons. The van der Waals surface area contributed by atoms with Crippen LogP contribution in [0.5, 0.6) is 0 Å². The van der Waals surface area contributed by atoms with Crippen LogP contribution in [0.4, 0.5) is 0 Å². The number of benzene rings is 1. The number of rotatable bonds is 7. The number of hydrogen-bond acceptors (Lipinski definition) is 4. The summed E-state index contributed by atoms with van der Waals surface area (Å²) in [5.41, 5.74) is 6.04. The minimum Gasteiger partial charge on any atom is -0.370 e. The summed E-state index contributed by atoms with van der Waals surface area (Å²) in [6.45, 7) is 0. The van der Waals surface area contributed by atoms with Gasteiger partial charge in [-0.25, -0.2) is 0 Å². The molecule has 0 saturated carbocycles. The van der Waals surface area contributed by atoms with Gasteiger partial charge in [-0.05, 0) is 12.1 Å². The Balaban J connectivity index is 2.52. The van der Waals surface area contributed by atoms with E-state index in [-0.39, 0.29) is 12.2 Å². The molecule has 0 aliphatic carbocycles. The van der Waals surface area contributed by atoms with E-state index in [1.165, 1.54) is 0 Å². The zero-order valence-electron chi connectivity index (χ0n) is 10.0. The molecule has 0 aliphatic rings. The highest BCUT2D eigenvalue weighted by Gasteiger charge is 2.08. The number of nitrogens with two attached hydrogens (primary N) is 1. The monoisotopic (exact) mass is 255 g/mol. The van der Waals surface area contributed by atoms with Gasteiger partial charge in [-0.15, -0.1) is 11.8 Å². The fraction of sp³-hybridized carbons (Fsp3) is 0.417. The third kappa shape index (κ3) is 4.77. The van der Waals surface area contributed by atoms with E-state index in [2.05, 4.69) is 0 Å². The van der Waals surface area contributed by atoms with Gasteiger partial charge in [0.05, 0.1) is 0 Å². The van der Waals surface area contributed by atoms with Crippen LogP contribution in [0.3, 0.4) is 0 Å². The van der Waals surface area contributed by atoms with Crippen molar-refractivity contribution in [1.82, 2.24) is 0 Å². The fourth-order valence-corrected chi connectivity index (χ4v) is 2.23. The van der Waals surface area contributed by atoms with Crippen LogP contribution in [0.15, 0.2) is 29.2 Å². The van der Waals surface area contributed by atoms with E-state index in [4.69, 9.17) is 15.2 Å². The minimum atomic E-state index is -0.334. The van der Waals surface area contributed by atoms with Gasteiger partial charge in [0.2, 0.25) is 5.91 Å². The van der Waals surface area contributed by atoms with Crippen molar-refractivity contribution in [2.75, 3.05) is 20.0 Å². The van der Waals surface area contributed by atoms with Crippen molar-refractivity contribution in [1.29, 1.82) is 0 Å². The summed E-state index contributed by atoms with van der Waals surface area (Å²) in [5.74, 6) is 0.431. The second-order valence-corrected chi connectivity index (χ2v) is 4.61. The summed E-state index contributed by atoms with van der Waals surface area (Å²) in [5, 5.41) is 0. The van der Waals surface area contributed by atoms with E-state index in [0.717, 1.165) is 10.5 Å². The first kappa shape index (κ1) is 14.0. The Morgan fingerprint density at radius 2 is 1.88 bits per heavy atom. The quantitative estimate of drug-likeness (QED) is 0.597. The SMILES string of the molecule is COC(OC)c1ccc(SCCC(N)=O)cc1. The highest BCUT2D eigenvalue weighted by molar-refractivity contribution is 7.99. The van der Waals surface area contributed by atoms with Crippen molar-refractivity contribution >= 4 is 17.7 Å². The lowest BCUT2D eigenvalue weighted by Gasteiger charge is -2.13. The topological polar surface area (TPSA) is 61.6 Å². The summed E-state index contributed by atoms with van der Waals surface area (Å²) in [6.07, 6.45) is 0.0604. The number of carbonyl (C=O) groups excluding carboxylic acids is 1. The van der Waals surface area contributed by atoms with E-state index in [9.17, 15) is 4.79 Å². The molecule has 1 rings (SSSR count). The molecule has 0 radical (unpaired) electrons. The van der Waals surface area contributed by atoms with Crippen molar-refractivity contribution in [3.05, 3.63) is 29.8 Å². The fourth-order valence-electron chi connectivity index (χ4n) is 1.36. The molecule has 0 unspecified atom stereocenters. The predicted octanol–water partition coefficient (Wildman–Crippen LogP) is 1.95. The maximum Gasteiger partial charge on any atom is 0.218 e. The molecule has 17 heavy (non-hydrogen) atoms. The molecule has 0 spiro atoms. The Bertz CT molecular complexity index is 349. The van der Waals surface area contributed by atoms with E-state index in [0.29, 0.717) is 12.2 Å². The van der Waals surface area contributed by atoms with Crippen LogP contribution in [0.2, 0.25) is 0 Å². The van der Waals surface area contributed by atoms with Crippen LogP contribution in [-0.2, 0) is 14.3 Å². The largest absolute Gasteiger partial charge is 0.370 e. The van der Waals surface area contributed by atoms with Crippen LogP contribution in [0.1, 0.15) is 18.3 Å². The molecule has 1 aromatic carbocycles. The lowest BCUT2D eigenvalue weighted by Crippen LogP contribution is -2.10. The van der Waals surface area contributed by atoms with Gasteiger partial charge >= 0.3 is 0 Å². The highest BCUT2D eigenvalue weighted by atomic mass is 32.2. The molecule has 0 bridgehead atoms. The first-order chi connectivity index (χ1) is 8.17.